The third-order valence-corrected chi connectivity index (χ3v) is 3.30. The molecule has 7 heteroatoms. The van der Waals surface area contributed by atoms with Crippen LogP contribution in [0.4, 0.5) is 0 Å². The average Bonchev–Trinajstić information content (AvgIpc) is 3.03. The van der Waals surface area contributed by atoms with Crippen molar-refractivity contribution < 1.29 is 9.59 Å². The number of nitrogens with one attached hydrogen (secondary N) is 1. The van der Waals surface area contributed by atoms with Crippen LogP contribution in [0.5, 0.6) is 0 Å². The Kier molecular flexibility index (Phi) is 4.48. The van der Waals surface area contributed by atoms with E-state index in [1.54, 1.807) is 22.0 Å². The minimum Gasteiger partial charge on any atom is -0.356 e. The fourth-order valence-corrected chi connectivity index (χ4v) is 2.20. The van der Waals surface area contributed by atoms with E-state index in [2.05, 4.69) is 15.6 Å². The number of amides is 2. The smallest absolute Gasteiger partial charge is 0.225 e. The lowest BCUT2D eigenvalue weighted by atomic mass is 10.1. The van der Waals surface area contributed by atoms with Crippen LogP contribution in [-0.4, -0.2) is 51.3 Å². The molecule has 2 heterocycles. The highest BCUT2D eigenvalue weighted by molar-refractivity contribution is 5.89. The predicted molar refractivity (Wildman–Crippen MR) is 68.0 cm³/mol. The Morgan fingerprint density at radius 2 is 2.42 bits per heavy atom. The van der Waals surface area contributed by atoms with E-state index < -0.39 is 0 Å². The van der Waals surface area contributed by atoms with Gasteiger partial charge in [-0.2, -0.15) is 0 Å². The fourth-order valence-electron chi connectivity index (χ4n) is 2.20. The summed E-state index contributed by atoms with van der Waals surface area (Å²) in [7, 11) is 0. The maximum atomic E-state index is 11.9. The van der Waals surface area contributed by atoms with Gasteiger partial charge in [0.25, 0.3) is 0 Å². The lowest BCUT2D eigenvalue weighted by Gasteiger charge is -2.13. The number of likely N-dealkylation sites (tertiary alicyclic amines) is 1. The Hall–Kier alpha value is -1.92. The zero-order valence-electron chi connectivity index (χ0n) is 11.1. The van der Waals surface area contributed by atoms with Crippen LogP contribution in [0.25, 0.3) is 0 Å². The van der Waals surface area contributed by atoms with Crippen LogP contribution in [0.1, 0.15) is 19.8 Å². The number of hydrogen-bond donors (Lipinski definition) is 1. The zero-order valence-corrected chi connectivity index (χ0v) is 11.1. The van der Waals surface area contributed by atoms with Gasteiger partial charge in [0.05, 0.1) is 12.1 Å². The standard InChI is InChI=1S/C12H19N5O2/c1-2-16-9-10(8-11(16)18)12(19)13-4-3-6-17-7-5-14-15-17/h5,7,10H,2-4,6,8-9H2,1H3,(H,13,19). The van der Waals surface area contributed by atoms with E-state index in [0.29, 0.717) is 26.1 Å². The normalized spacial score (nSPS) is 18.9. The van der Waals surface area contributed by atoms with Crippen molar-refractivity contribution in [1.82, 2.24) is 25.2 Å². The predicted octanol–water partition coefficient (Wildman–Crippen LogP) is -0.347. The Labute approximate surface area is 112 Å². The van der Waals surface area contributed by atoms with Gasteiger partial charge in [-0.1, -0.05) is 5.21 Å². The van der Waals surface area contributed by atoms with E-state index in [0.717, 1.165) is 13.0 Å². The molecule has 2 amide bonds. The molecule has 1 N–H and O–H groups in total. The summed E-state index contributed by atoms with van der Waals surface area (Å²) in [5, 5.41) is 10.4. The highest BCUT2D eigenvalue weighted by atomic mass is 16.2. The highest BCUT2D eigenvalue weighted by Gasteiger charge is 2.32. The number of nitrogens with zero attached hydrogens (tertiary/aromatic N) is 4. The molecule has 1 aromatic rings. The second kappa shape index (κ2) is 6.31. The Morgan fingerprint density at radius 1 is 1.58 bits per heavy atom. The molecule has 1 saturated heterocycles. The van der Waals surface area contributed by atoms with Crippen LogP contribution < -0.4 is 5.32 Å². The lowest BCUT2D eigenvalue weighted by Crippen LogP contribution is -2.33. The molecule has 1 aliphatic heterocycles. The first kappa shape index (κ1) is 13.5. The number of rotatable bonds is 6. The first-order chi connectivity index (χ1) is 9.20. The van der Waals surface area contributed by atoms with Crippen LogP contribution in [-0.2, 0) is 16.1 Å². The van der Waals surface area contributed by atoms with Gasteiger partial charge in [0, 0.05) is 38.8 Å². The summed E-state index contributed by atoms with van der Waals surface area (Å²) in [5.74, 6) is -0.146. The van der Waals surface area contributed by atoms with Gasteiger partial charge < -0.3 is 10.2 Å². The quantitative estimate of drug-likeness (QED) is 0.713. The van der Waals surface area contributed by atoms with Gasteiger partial charge in [-0.05, 0) is 13.3 Å². The van der Waals surface area contributed by atoms with Crippen molar-refractivity contribution in [3.8, 4) is 0 Å². The summed E-state index contributed by atoms with van der Waals surface area (Å²) < 4.78 is 1.73. The third-order valence-electron chi connectivity index (χ3n) is 3.30. The largest absolute Gasteiger partial charge is 0.356 e. The van der Waals surface area contributed by atoms with Gasteiger partial charge in [0.1, 0.15) is 0 Å². The van der Waals surface area contributed by atoms with Crippen molar-refractivity contribution in [2.75, 3.05) is 19.6 Å². The molecule has 1 unspecified atom stereocenters. The van der Waals surface area contributed by atoms with Crippen molar-refractivity contribution in [1.29, 1.82) is 0 Å². The van der Waals surface area contributed by atoms with E-state index in [-0.39, 0.29) is 17.7 Å². The van der Waals surface area contributed by atoms with Crippen LogP contribution >= 0.6 is 0 Å². The molecule has 0 aliphatic carbocycles. The highest BCUT2D eigenvalue weighted by Crippen LogP contribution is 2.17. The van der Waals surface area contributed by atoms with Crippen molar-refractivity contribution >= 4 is 11.8 Å². The molecule has 0 bridgehead atoms. The molecule has 0 aromatic carbocycles. The number of hydrogen-bond acceptors (Lipinski definition) is 4. The molecule has 0 spiro atoms. The summed E-state index contributed by atoms with van der Waals surface area (Å²) >= 11 is 0. The van der Waals surface area contributed by atoms with Crippen molar-refractivity contribution in [2.24, 2.45) is 5.92 Å². The van der Waals surface area contributed by atoms with Crippen molar-refractivity contribution in [3.05, 3.63) is 12.4 Å². The molecule has 1 fully saturated rings. The summed E-state index contributed by atoms with van der Waals surface area (Å²) in [5.41, 5.74) is 0. The molecule has 1 aliphatic rings. The van der Waals surface area contributed by atoms with E-state index in [1.807, 2.05) is 6.92 Å². The monoisotopic (exact) mass is 265 g/mol. The second-order valence-corrected chi connectivity index (χ2v) is 4.64. The molecule has 104 valence electrons. The van der Waals surface area contributed by atoms with Gasteiger partial charge in [-0.25, -0.2) is 0 Å². The molecule has 1 atom stereocenters. The van der Waals surface area contributed by atoms with Gasteiger partial charge in [-0.15, -0.1) is 5.10 Å². The molecular weight excluding hydrogens is 246 g/mol. The van der Waals surface area contributed by atoms with Crippen LogP contribution in [0.3, 0.4) is 0 Å². The maximum Gasteiger partial charge on any atom is 0.225 e. The van der Waals surface area contributed by atoms with Crippen LogP contribution in [0.15, 0.2) is 12.4 Å². The summed E-state index contributed by atoms with van der Waals surface area (Å²) in [4.78, 5) is 25.1. The van der Waals surface area contributed by atoms with Gasteiger partial charge >= 0.3 is 0 Å². The van der Waals surface area contributed by atoms with E-state index in [1.165, 1.54) is 0 Å². The number of aromatic nitrogens is 3. The molecule has 2 rings (SSSR count). The molecule has 0 saturated carbocycles. The Balaban J connectivity index is 1.66. The Bertz CT molecular complexity index is 431. The second-order valence-electron chi connectivity index (χ2n) is 4.64. The molecular formula is C12H19N5O2. The van der Waals surface area contributed by atoms with Gasteiger partial charge in [0.2, 0.25) is 11.8 Å². The number of aryl methyl sites for hydroxylation is 1. The van der Waals surface area contributed by atoms with E-state index >= 15 is 0 Å². The number of carbonyl (C=O) groups excluding carboxylic acids is 2. The topological polar surface area (TPSA) is 80.1 Å². The van der Waals surface area contributed by atoms with Crippen LogP contribution in [0.2, 0.25) is 0 Å². The minimum atomic E-state index is -0.196. The first-order valence-electron chi connectivity index (χ1n) is 6.60. The summed E-state index contributed by atoms with van der Waals surface area (Å²) in [6, 6.07) is 0. The molecule has 19 heavy (non-hydrogen) atoms. The van der Waals surface area contributed by atoms with E-state index in [4.69, 9.17) is 0 Å². The van der Waals surface area contributed by atoms with Gasteiger partial charge in [-0.3, -0.25) is 14.3 Å². The number of carbonyl (C=O) groups is 2. The van der Waals surface area contributed by atoms with Crippen LogP contribution in [0, 0.1) is 5.92 Å². The fraction of sp³-hybridized carbons (Fsp3) is 0.667. The maximum absolute atomic E-state index is 11.9. The molecule has 0 radical (unpaired) electrons. The van der Waals surface area contributed by atoms with Crippen molar-refractivity contribution in [3.63, 3.8) is 0 Å². The van der Waals surface area contributed by atoms with E-state index in [9.17, 15) is 9.59 Å². The minimum absolute atomic E-state index is 0.0251. The molecule has 1 aromatic heterocycles. The average molecular weight is 265 g/mol. The zero-order chi connectivity index (χ0) is 13.7. The third kappa shape index (κ3) is 3.52. The van der Waals surface area contributed by atoms with Gasteiger partial charge in [0.15, 0.2) is 0 Å². The Morgan fingerprint density at radius 3 is 3.05 bits per heavy atom. The summed E-state index contributed by atoms with van der Waals surface area (Å²) in [6.07, 6.45) is 4.55. The summed E-state index contributed by atoms with van der Waals surface area (Å²) in [6.45, 7) is 4.47. The molecule has 7 nitrogen and oxygen atoms in total. The van der Waals surface area contributed by atoms with Crippen molar-refractivity contribution in [2.45, 2.75) is 26.3 Å². The first-order valence-corrected chi connectivity index (χ1v) is 6.60. The lowest BCUT2D eigenvalue weighted by molar-refractivity contribution is -0.128. The SMILES string of the molecule is CCN1CC(C(=O)NCCCn2ccnn2)CC1=O.